The van der Waals surface area contributed by atoms with Gasteiger partial charge in [0.05, 0.1) is 24.1 Å². The maximum Gasteiger partial charge on any atom is 0.118 e. The number of rotatable bonds is 6. The Hall–Kier alpha value is -3.86. The van der Waals surface area contributed by atoms with E-state index in [2.05, 4.69) is 57.3 Å². The van der Waals surface area contributed by atoms with Crippen molar-refractivity contribution in [3.63, 3.8) is 0 Å². The van der Waals surface area contributed by atoms with Gasteiger partial charge in [-0.15, -0.1) is 0 Å². The van der Waals surface area contributed by atoms with Crippen molar-refractivity contribution in [1.29, 1.82) is 5.26 Å². The highest BCUT2D eigenvalue weighted by Crippen LogP contribution is 2.31. The fourth-order valence-corrected chi connectivity index (χ4v) is 4.36. The van der Waals surface area contributed by atoms with Crippen LogP contribution in [-0.4, -0.2) is 53.0 Å². The molecule has 0 saturated carbocycles. The smallest absolute Gasteiger partial charge is 0.118 e. The lowest BCUT2D eigenvalue weighted by atomic mass is 10.1. The van der Waals surface area contributed by atoms with Gasteiger partial charge in [0.15, 0.2) is 0 Å². The van der Waals surface area contributed by atoms with Gasteiger partial charge in [0.2, 0.25) is 0 Å². The molecule has 1 aliphatic rings. The molecular weight excluding hydrogens is 424 g/mol. The van der Waals surface area contributed by atoms with E-state index in [0.29, 0.717) is 5.56 Å². The number of likely N-dealkylation sites (N-methyl/N-ethyl adjacent to an activating group) is 1. The summed E-state index contributed by atoms with van der Waals surface area (Å²) in [5.41, 5.74) is 6.24. The summed E-state index contributed by atoms with van der Waals surface area (Å²) in [6.45, 7) is 7.18. The molecule has 7 heteroatoms. The molecule has 3 aromatic heterocycles. The van der Waals surface area contributed by atoms with Crippen molar-refractivity contribution in [2.75, 3.05) is 38.5 Å². The number of benzene rings is 1. The minimum Gasteiger partial charge on any atom is -0.467 e. The molecule has 0 unspecified atom stereocenters. The molecule has 4 heterocycles. The van der Waals surface area contributed by atoms with Gasteiger partial charge < -0.3 is 19.6 Å². The van der Waals surface area contributed by atoms with Gasteiger partial charge >= 0.3 is 0 Å². The van der Waals surface area contributed by atoms with Gasteiger partial charge in [0.1, 0.15) is 11.8 Å². The number of hydrogen-bond donors (Lipinski definition) is 2. The van der Waals surface area contributed by atoms with E-state index < -0.39 is 0 Å². The minimum absolute atomic E-state index is 0.499. The van der Waals surface area contributed by atoms with Crippen LogP contribution in [0.15, 0.2) is 53.5 Å². The van der Waals surface area contributed by atoms with Crippen molar-refractivity contribution < 1.29 is 4.42 Å². The predicted molar refractivity (Wildman–Crippen MR) is 136 cm³/mol. The lowest BCUT2D eigenvalue weighted by Gasteiger charge is -2.31. The summed E-state index contributed by atoms with van der Waals surface area (Å²) in [5, 5.41) is 14.3. The van der Waals surface area contributed by atoms with E-state index in [1.807, 2.05) is 30.5 Å². The van der Waals surface area contributed by atoms with E-state index in [0.717, 1.165) is 77.5 Å². The van der Waals surface area contributed by atoms with Crippen LogP contribution in [0.5, 0.6) is 0 Å². The Labute approximate surface area is 199 Å². The molecule has 1 fully saturated rings. The van der Waals surface area contributed by atoms with E-state index in [1.165, 1.54) is 0 Å². The lowest BCUT2D eigenvalue weighted by Crippen LogP contribution is -2.43. The molecule has 4 aromatic rings. The van der Waals surface area contributed by atoms with Crippen LogP contribution in [-0.2, 0) is 6.54 Å². The minimum atomic E-state index is 0.499. The summed E-state index contributed by atoms with van der Waals surface area (Å²) in [7, 11) is 2.16. The number of fused-ring (bicyclic) bond motifs is 1. The molecule has 1 aromatic carbocycles. The van der Waals surface area contributed by atoms with Gasteiger partial charge in [0.25, 0.3) is 0 Å². The predicted octanol–water partition coefficient (Wildman–Crippen LogP) is 5.00. The topological polar surface area (TPSA) is 84.1 Å². The van der Waals surface area contributed by atoms with Gasteiger partial charge in [-0.1, -0.05) is 12.2 Å². The number of anilines is 2. The molecule has 0 amide bonds. The maximum atomic E-state index is 9.71. The Morgan fingerprint density at radius 2 is 2.03 bits per heavy atom. The van der Waals surface area contributed by atoms with Gasteiger partial charge in [-0.05, 0) is 43.8 Å². The van der Waals surface area contributed by atoms with Gasteiger partial charge in [0, 0.05) is 72.5 Å². The Kier molecular flexibility index (Phi) is 6.17. The number of nitrogens with zero attached hydrogens (tertiary/aromatic N) is 4. The van der Waals surface area contributed by atoms with Crippen molar-refractivity contribution in [1.82, 2.24) is 19.8 Å². The highest BCUT2D eigenvalue weighted by atomic mass is 16.3. The quantitative estimate of drug-likeness (QED) is 0.428. The lowest BCUT2D eigenvalue weighted by molar-refractivity contribution is 0.140. The zero-order chi connectivity index (χ0) is 23.5. The fourth-order valence-electron chi connectivity index (χ4n) is 4.36. The first kappa shape index (κ1) is 22.0. The molecule has 5 rings (SSSR count). The van der Waals surface area contributed by atoms with E-state index in [4.69, 9.17) is 4.42 Å². The number of hydrogen-bond acceptors (Lipinski definition) is 6. The normalized spacial score (nSPS) is 15.2. The third-order valence-electron chi connectivity index (χ3n) is 6.46. The Morgan fingerprint density at radius 1 is 1.18 bits per heavy atom. The summed E-state index contributed by atoms with van der Waals surface area (Å²) in [6, 6.07) is 10.5. The largest absolute Gasteiger partial charge is 0.467 e. The standard InChI is InChI=1S/C27H28N6O/c1-19-24-7-8-30-26(24)6-5-25(19)31-27-21(15-29-16-22(27)14-28)4-3-20-13-23(34-18-20)17-33-11-9-32(2)10-12-33/h3-8,13,15-16,18,30H,9-12,17H2,1-2H3,(H,29,31). The Balaban J connectivity index is 1.37. The second-order valence-corrected chi connectivity index (χ2v) is 8.82. The molecule has 0 spiro atoms. The highest BCUT2D eigenvalue weighted by Gasteiger charge is 2.15. The third kappa shape index (κ3) is 4.60. The SMILES string of the molecule is Cc1c(Nc2c(C#N)cncc2C=Cc2coc(CN3CCN(C)CC3)c2)ccc2[nH]ccc12. The summed E-state index contributed by atoms with van der Waals surface area (Å²) in [6.07, 6.45) is 11.1. The van der Waals surface area contributed by atoms with E-state index >= 15 is 0 Å². The van der Waals surface area contributed by atoms with Gasteiger partial charge in [-0.3, -0.25) is 9.88 Å². The van der Waals surface area contributed by atoms with Crippen LogP contribution in [0.1, 0.15) is 28.0 Å². The van der Waals surface area contributed by atoms with Crippen LogP contribution in [0.2, 0.25) is 0 Å². The number of nitrogens with one attached hydrogen (secondary N) is 2. The number of aromatic nitrogens is 2. The number of H-pyrrole nitrogens is 1. The number of piperazine rings is 1. The number of furan rings is 1. The molecule has 0 aliphatic carbocycles. The zero-order valence-corrected chi connectivity index (χ0v) is 19.5. The fraction of sp³-hybridized carbons (Fsp3) is 0.259. The second-order valence-electron chi connectivity index (χ2n) is 8.82. The number of aromatic amines is 1. The van der Waals surface area contributed by atoms with Crippen LogP contribution < -0.4 is 5.32 Å². The van der Waals surface area contributed by atoms with Crippen molar-refractivity contribution in [3.8, 4) is 6.07 Å². The van der Waals surface area contributed by atoms with E-state index in [1.54, 1.807) is 18.7 Å². The van der Waals surface area contributed by atoms with Gasteiger partial charge in [-0.25, -0.2) is 0 Å². The van der Waals surface area contributed by atoms with Crippen LogP contribution >= 0.6 is 0 Å². The van der Waals surface area contributed by atoms with Crippen LogP contribution in [0.3, 0.4) is 0 Å². The monoisotopic (exact) mass is 452 g/mol. The molecule has 2 N–H and O–H groups in total. The number of aryl methyl sites for hydroxylation is 1. The molecular formula is C27H28N6O. The van der Waals surface area contributed by atoms with Crippen LogP contribution in [0, 0.1) is 18.3 Å². The Bertz CT molecular complexity index is 1370. The maximum absolute atomic E-state index is 9.71. The zero-order valence-electron chi connectivity index (χ0n) is 19.5. The van der Waals surface area contributed by atoms with Crippen molar-refractivity contribution in [2.45, 2.75) is 13.5 Å². The summed E-state index contributed by atoms with van der Waals surface area (Å²) >= 11 is 0. The first-order chi connectivity index (χ1) is 16.6. The highest BCUT2D eigenvalue weighted by molar-refractivity contribution is 5.90. The average molecular weight is 453 g/mol. The van der Waals surface area contributed by atoms with E-state index in [9.17, 15) is 5.26 Å². The van der Waals surface area contributed by atoms with Crippen molar-refractivity contribution in [3.05, 3.63) is 77.1 Å². The van der Waals surface area contributed by atoms with Gasteiger partial charge in [-0.2, -0.15) is 5.26 Å². The number of nitriles is 1. The van der Waals surface area contributed by atoms with Crippen LogP contribution in [0.25, 0.3) is 23.1 Å². The summed E-state index contributed by atoms with van der Waals surface area (Å²) in [4.78, 5) is 12.3. The summed E-state index contributed by atoms with van der Waals surface area (Å²) in [5.74, 6) is 0.960. The molecule has 1 aliphatic heterocycles. The molecule has 0 radical (unpaired) electrons. The Morgan fingerprint density at radius 3 is 2.85 bits per heavy atom. The molecule has 34 heavy (non-hydrogen) atoms. The number of pyridine rings is 1. The summed E-state index contributed by atoms with van der Waals surface area (Å²) < 4.78 is 5.81. The van der Waals surface area contributed by atoms with Crippen LogP contribution in [0.4, 0.5) is 11.4 Å². The molecule has 1 saturated heterocycles. The third-order valence-corrected chi connectivity index (χ3v) is 6.46. The first-order valence-electron chi connectivity index (χ1n) is 11.5. The van der Waals surface area contributed by atoms with E-state index in [-0.39, 0.29) is 0 Å². The average Bonchev–Trinajstić information content (AvgIpc) is 3.51. The molecule has 0 atom stereocenters. The molecule has 172 valence electrons. The molecule has 7 nitrogen and oxygen atoms in total. The molecule has 0 bridgehead atoms. The first-order valence-corrected chi connectivity index (χ1v) is 11.5. The van der Waals surface area contributed by atoms with Crippen molar-refractivity contribution in [2.24, 2.45) is 0 Å². The second kappa shape index (κ2) is 9.56. The van der Waals surface area contributed by atoms with Crippen molar-refractivity contribution >= 4 is 34.4 Å².